The van der Waals surface area contributed by atoms with Crippen molar-refractivity contribution in [3.05, 3.63) is 63.9 Å². The zero-order valence-corrected chi connectivity index (χ0v) is 12.9. The number of amides is 1. The molecule has 0 radical (unpaired) electrons. The van der Waals surface area contributed by atoms with Crippen LogP contribution in [-0.2, 0) is 6.42 Å². The standard InChI is InChI=1S/C16H15BrFNO2/c17-14-10-12(6-7-15(14)18)16(21)19-13-5-1-3-11(9-13)4-2-8-20/h1,3,5-7,9-10,20H,2,4,8H2,(H,19,21). The lowest BCUT2D eigenvalue weighted by atomic mass is 10.1. The van der Waals surface area contributed by atoms with Crippen molar-refractivity contribution < 1.29 is 14.3 Å². The molecular formula is C16H15BrFNO2. The fourth-order valence-electron chi connectivity index (χ4n) is 1.93. The van der Waals surface area contributed by atoms with Crippen LogP contribution in [0.2, 0.25) is 0 Å². The Balaban J connectivity index is 2.10. The van der Waals surface area contributed by atoms with E-state index in [4.69, 9.17) is 5.11 Å². The third kappa shape index (κ3) is 4.37. The molecule has 0 spiro atoms. The van der Waals surface area contributed by atoms with Crippen LogP contribution in [0.5, 0.6) is 0 Å². The van der Waals surface area contributed by atoms with Crippen molar-refractivity contribution in [2.75, 3.05) is 11.9 Å². The lowest BCUT2D eigenvalue weighted by molar-refractivity contribution is 0.102. The van der Waals surface area contributed by atoms with E-state index in [1.54, 1.807) is 6.07 Å². The maximum Gasteiger partial charge on any atom is 0.255 e. The Kier molecular flexibility index (Phi) is 5.47. The second kappa shape index (κ2) is 7.33. The third-order valence-corrected chi connectivity index (χ3v) is 3.60. The summed E-state index contributed by atoms with van der Waals surface area (Å²) in [6.45, 7) is 0.139. The fourth-order valence-corrected chi connectivity index (χ4v) is 2.31. The molecule has 110 valence electrons. The molecule has 0 fully saturated rings. The van der Waals surface area contributed by atoms with Gasteiger partial charge in [-0.1, -0.05) is 12.1 Å². The van der Waals surface area contributed by atoms with Gasteiger partial charge in [0.05, 0.1) is 4.47 Å². The first kappa shape index (κ1) is 15.7. The van der Waals surface area contributed by atoms with E-state index in [0.29, 0.717) is 17.7 Å². The molecular weight excluding hydrogens is 337 g/mol. The Morgan fingerprint density at radius 3 is 2.76 bits per heavy atom. The van der Waals surface area contributed by atoms with Gasteiger partial charge in [-0.15, -0.1) is 0 Å². The van der Waals surface area contributed by atoms with Crippen molar-refractivity contribution in [3.8, 4) is 0 Å². The summed E-state index contributed by atoms with van der Waals surface area (Å²) < 4.78 is 13.4. The van der Waals surface area contributed by atoms with Crippen LogP contribution < -0.4 is 5.32 Å². The number of anilines is 1. The van der Waals surface area contributed by atoms with Gasteiger partial charge in [0.15, 0.2) is 0 Å². The maximum atomic E-state index is 13.2. The van der Waals surface area contributed by atoms with Gasteiger partial charge in [-0.05, 0) is 64.7 Å². The number of nitrogens with one attached hydrogen (secondary N) is 1. The van der Waals surface area contributed by atoms with Gasteiger partial charge in [0.25, 0.3) is 5.91 Å². The smallest absolute Gasteiger partial charge is 0.255 e. The Morgan fingerprint density at radius 2 is 2.05 bits per heavy atom. The molecule has 0 heterocycles. The highest BCUT2D eigenvalue weighted by Crippen LogP contribution is 2.18. The van der Waals surface area contributed by atoms with Crippen molar-refractivity contribution in [1.29, 1.82) is 0 Å². The molecule has 0 bridgehead atoms. The normalized spacial score (nSPS) is 10.4. The van der Waals surface area contributed by atoms with E-state index in [-0.39, 0.29) is 17.0 Å². The summed E-state index contributed by atoms with van der Waals surface area (Å²) in [5.74, 6) is -0.701. The molecule has 0 atom stereocenters. The van der Waals surface area contributed by atoms with Gasteiger partial charge in [-0.3, -0.25) is 4.79 Å². The van der Waals surface area contributed by atoms with Gasteiger partial charge in [-0.2, -0.15) is 0 Å². The monoisotopic (exact) mass is 351 g/mol. The average Bonchev–Trinajstić information content (AvgIpc) is 2.48. The number of aryl methyl sites for hydroxylation is 1. The molecule has 0 aliphatic carbocycles. The predicted molar refractivity (Wildman–Crippen MR) is 83.9 cm³/mol. The molecule has 0 unspecified atom stereocenters. The molecule has 0 saturated carbocycles. The predicted octanol–water partition coefficient (Wildman–Crippen LogP) is 3.77. The maximum absolute atomic E-state index is 13.2. The highest BCUT2D eigenvalue weighted by Gasteiger charge is 2.09. The van der Waals surface area contributed by atoms with Crippen LogP contribution in [0.25, 0.3) is 0 Å². The Bertz CT molecular complexity index is 646. The number of halogens is 2. The van der Waals surface area contributed by atoms with Crippen LogP contribution in [0.1, 0.15) is 22.3 Å². The van der Waals surface area contributed by atoms with Crippen molar-refractivity contribution in [3.63, 3.8) is 0 Å². The van der Waals surface area contributed by atoms with Crippen LogP contribution >= 0.6 is 15.9 Å². The molecule has 5 heteroatoms. The first-order chi connectivity index (χ1) is 10.1. The Hall–Kier alpha value is -1.72. The Morgan fingerprint density at radius 1 is 1.24 bits per heavy atom. The first-order valence-electron chi connectivity index (χ1n) is 6.56. The van der Waals surface area contributed by atoms with Gasteiger partial charge in [-0.25, -0.2) is 4.39 Å². The molecule has 0 aliphatic heterocycles. The number of aliphatic hydroxyl groups excluding tert-OH is 1. The average molecular weight is 352 g/mol. The lowest BCUT2D eigenvalue weighted by Gasteiger charge is -2.08. The van der Waals surface area contributed by atoms with E-state index < -0.39 is 5.82 Å². The van der Waals surface area contributed by atoms with Crippen LogP contribution in [0.4, 0.5) is 10.1 Å². The fraction of sp³-hybridized carbons (Fsp3) is 0.188. The van der Waals surface area contributed by atoms with Crippen molar-refractivity contribution in [2.24, 2.45) is 0 Å². The number of aliphatic hydroxyl groups is 1. The number of carbonyl (C=O) groups excluding carboxylic acids is 1. The van der Waals surface area contributed by atoms with E-state index in [1.165, 1.54) is 18.2 Å². The van der Waals surface area contributed by atoms with E-state index in [0.717, 1.165) is 12.0 Å². The minimum absolute atomic E-state index is 0.139. The third-order valence-electron chi connectivity index (χ3n) is 2.99. The van der Waals surface area contributed by atoms with Crippen molar-refractivity contribution in [1.82, 2.24) is 0 Å². The molecule has 2 aromatic carbocycles. The summed E-state index contributed by atoms with van der Waals surface area (Å²) in [6, 6.07) is 11.6. The molecule has 21 heavy (non-hydrogen) atoms. The van der Waals surface area contributed by atoms with Gasteiger partial charge in [0.1, 0.15) is 5.82 Å². The highest BCUT2D eigenvalue weighted by atomic mass is 79.9. The van der Waals surface area contributed by atoms with Gasteiger partial charge < -0.3 is 10.4 Å². The highest BCUT2D eigenvalue weighted by molar-refractivity contribution is 9.10. The summed E-state index contributed by atoms with van der Waals surface area (Å²) in [5.41, 5.74) is 2.10. The molecule has 1 amide bonds. The summed E-state index contributed by atoms with van der Waals surface area (Å²) in [7, 11) is 0. The number of hydrogen-bond acceptors (Lipinski definition) is 2. The topological polar surface area (TPSA) is 49.3 Å². The van der Waals surface area contributed by atoms with Crippen LogP contribution in [0.3, 0.4) is 0 Å². The zero-order chi connectivity index (χ0) is 15.2. The molecule has 0 aromatic heterocycles. The van der Waals surface area contributed by atoms with E-state index in [1.807, 2.05) is 18.2 Å². The number of carbonyl (C=O) groups is 1. The molecule has 2 aromatic rings. The first-order valence-corrected chi connectivity index (χ1v) is 7.35. The van der Waals surface area contributed by atoms with Gasteiger partial charge in [0, 0.05) is 17.9 Å². The minimum Gasteiger partial charge on any atom is -0.396 e. The minimum atomic E-state index is -0.405. The van der Waals surface area contributed by atoms with E-state index in [9.17, 15) is 9.18 Å². The molecule has 2 N–H and O–H groups in total. The van der Waals surface area contributed by atoms with Gasteiger partial charge >= 0.3 is 0 Å². The summed E-state index contributed by atoms with van der Waals surface area (Å²) in [6.07, 6.45) is 1.44. The summed E-state index contributed by atoms with van der Waals surface area (Å²) >= 11 is 3.06. The van der Waals surface area contributed by atoms with E-state index >= 15 is 0 Å². The van der Waals surface area contributed by atoms with Crippen LogP contribution in [0, 0.1) is 5.82 Å². The number of rotatable bonds is 5. The summed E-state index contributed by atoms with van der Waals surface area (Å²) in [5, 5.41) is 11.6. The van der Waals surface area contributed by atoms with Crippen molar-refractivity contribution >= 4 is 27.5 Å². The zero-order valence-electron chi connectivity index (χ0n) is 11.3. The SMILES string of the molecule is O=C(Nc1cccc(CCCO)c1)c1ccc(F)c(Br)c1. The number of hydrogen-bond donors (Lipinski definition) is 2. The van der Waals surface area contributed by atoms with Gasteiger partial charge in [0.2, 0.25) is 0 Å². The molecule has 2 rings (SSSR count). The quantitative estimate of drug-likeness (QED) is 0.861. The molecule has 3 nitrogen and oxygen atoms in total. The summed E-state index contributed by atoms with van der Waals surface area (Å²) in [4.78, 5) is 12.1. The second-order valence-corrected chi connectivity index (χ2v) is 5.46. The van der Waals surface area contributed by atoms with Crippen LogP contribution in [-0.4, -0.2) is 17.6 Å². The van der Waals surface area contributed by atoms with Crippen LogP contribution in [0.15, 0.2) is 46.9 Å². The lowest BCUT2D eigenvalue weighted by Crippen LogP contribution is -2.12. The van der Waals surface area contributed by atoms with Crippen molar-refractivity contribution in [2.45, 2.75) is 12.8 Å². The second-order valence-electron chi connectivity index (χ2n) is 4.61. The number of benzene rings is 2. The largest absolute Gasteiger partial charge is 0.396 e. The van der Waals surface area contributed by atoms with E-state index in [2.05, 4.69) is 21.2 Å². The molecule has 0 aliphatic rings. The molecule has 0 saturated heterocycles. The Labute approximate surface area is 130 Å².